The molecule has 0 saturated carbocycles. The second-order valence-corrected chi connectivity index (χ2v) is 5.53. The average molecular weight is 366 g/mol. The third-order valence-corrected chi connectivity index (χ3v) is 3.63. The van der Waals surface area contributed by atoms with Crippen LogP contribution < -0.4 is 19.5 Å². The van der Waals surface area contributed by atoms with Gasteiger partial charge in [0.2, 0.25) is 18.6 Å². The molecule has 9 heteroatoms. The molecule has 2 N–H and O–H groups in total. The van der Waals surface area contributed by atoms with Crippen molar-refractivity contribution >= 4 is 17.6 Å². The van der Waals surface area contributed by atoms with E-state index >= 15 is 0 Å². The topological polar surface area (TPSA) is 116 Å². The van der Waals surface area contributed by atoms with Crippen LogP contribution in [0.5, 0.6) is 17.4 Å². The largest absolute Gasteiger partial charge is 0.479 e. The van der Waals surface area contributed by atoms with Gasteiger partial charge in [-0.3, -0.25) is 4.98 Å². The zero-order valence-electron chi connectivity index (χ0n) is 14.0. The molecule has 9 nitrogen and oxygen atoms in total. The van der Waals surface area contributed by atoms with Crippen LogP contribution in [0.25, 0.3) is 11.3 Å². The van der Waals surface area contributed by atoms with Gasteiger partial charge in [-0.1, -0.05) is 0 Å². The van der Waals surface area contributed by atoms with Crippen molar-refractivity contribution in [2.45, 2.75) is 0 Å². The number of aromatic nitrogens is 3. The number of pyridine rings is 1. The molecule has 2 aromatic heterocycles. The molecule has 0 aliphatic carbocycles. The van der Waals surface area contributed by atoms with Crippen LogP contribution in [0.15, 0.2) is 48.8 Å². The molecule has 1 aliphatic heterocycles. The molecule has 136 valence electrons. The van der Waals surface area contributed by atoms with E-state index in [1.54, 1.807) is 42.7 Å². The number of carboxylic acid groups (broad SMARTS) is 1. The highest BCUT2D eigenvalue weighted by atomic mass is 16.7. The number of nitrogens with zero attached hydrogens (tertiary/aromatic N) is 3. The van der Waals surface area contributed by atoms with Crippen LogP contribution in [-0.4, -0.2) is 39.4 Å². The van der Waals surface area contributed by atoms with E-state index < -0.39 is 12.6 Å². The number of rotatable bonds is 6. The number of aliphatic carboxylic acids is 1. The average Bonchev–Trinajstić information content (AvgIpc) is 3.15. The van der Waals surface area contributed by atoms with Gasteiger partial charge in [-0.25, -0.2) is 9.78 Å². The van der Waals surface area contributed by atoms with Gasteiger partial charge in [0.1, 0.15) is 0 Å². The van der Waals surface area contributed by atoms with E-state index in [9.17, 15) is 4.79 Å². The molecule has 0 radical (unpaired) electrons. The van der Waals surface area contributed by atoms with Crippen LogP contribution in [0, 0.1) is 0 Å². The third kappa shape index (κ3) is 3.87. The fourth-order valence-electron chi connectivity index (χ4n) is 2.46. The number of nitrogens with one attached hydrogen (secondary N) is 1. The summed E-state index contributed by atoms with van der Waals surface area (Å²) < 4.78 is 15.9. The molecule has 0 spiro atoms. The molecule has 3 heterocycles. The van der Waals surface area contributed by atoms with Gasteiger partial charge in [0.15, 0.2) is 18.1 Å². The smallest absolute Gasteiger partial charge is 0.341 e. The third-order valence-electron chi connectivity index (χ3n) is 3.63. The number of hydrogen-bond acceptors (Lipinski definition) is 8. The molecule has 0 fully saturated rings. The number of fused-ring (bicyclic) bond motifs is 1. The number of ether oxygens (including phenoxy) is 3. The van der Waals surface area contributed by atoms with Crippen molar-refractivity contribution in [1.82, 2.24) is 15.0 Å². The van der Waals surface area contributed by atoms with Crippen molar-refractivity contribution in [2.75, 3.05) is 18.7 Å². The first kappa shape index (κ1) is 16.6. The second-order valence-electron chi connectivity index (χ2n) is 5.53. The lowest BCUT2D eigenvalue weighted by molar-refractivity contribution is -0.139. The Morgan fingerprint density at radius 3 is 2.89 bits per heavy atom. The van der Waals surface area contributed by atoms with E-state index in [0.717, 1.165) is 5.56 Å². The summed E-state index contributed by atoms with van der Waals surface area (Å²) in [6.07, 6.45) is 3.30. The fraction of sp³-hybridized carbons (Fsp3) is 0.111. The molecule has 4 rings (SSSR count). The number of hydrogen-bond donors (Lipinski definition) is 2. The summed E-state index contributed by atoms with van der Waals surface area (Å²) in [5, 5.41) is 11.9. The number of anilines is 2. The maximum atomic E-state index is 10.8. The summed E-state index contributed by atoms with van der Waals surface area (Å²) in [4.78, 5) is 23.5. The first-order valence-corrected chi connectivity index (χ1v) is 7.98. The fourth-order valence-corrected chi connectivity index (χ4v) is 2.46. The first-order chi connectivity index (χ1) is 13.2. The van der Waals surface area contributed by atoms with E-state index in [1.807, 2.05) is 6.07 Å². The lowest BCUT2D eigenvalue weighted by atomic mass is 10.2. The Kier molecular flexibility index (Phi) is 4.40. The van der Waals surface area contributed by atoms with Gasteiger partial charge >= 0.3 is 5.97 Å². The summed E-state index contributed by atoms with van der Waals surface area (Å²) in [5.41, 5.74) is 1.97. The highest BCUT2D eigenvalue weighted by molar-refractivity contribution is 5.69. The molecule has 0 atom stereocenters. The SMILES string of the molecule is O=C(O)COc1cc(-c2cccnc2)nc(Nc2ccc3c(c2)OCO3)n1. The van der Waals surface area contributed by atoms with Gasteiger partial charge in [-0.05, 0) is 24.3 Å². The Morgan fingerprint density at radius 2 is 2.07 bits per heavy atom. The highest BCUT2D eigenvalue weighted by Gasteiger charge is 2.15. The Bertz CT molecular complexity index is 981. The standard InChI is InChI=1S/C18H14N4O5/c23-17(24)9-25-16-7-13(11-2-1-5-19-8-11)21-18(22-16)20-12-3-4-14-15(6-12)27-10-26-14/h1-8H,9-10H2,(H,23,24)(H,20,21,22). The predicted molar refractivity (Wildman–Crippen MR) is 94.2 cm³/mol. The first-order valence-electron chi connectivity index (χ1n) is 7.98. The minimum absolute atomic E-state index is 0.134. The Hall–Kier alpha value is -3.88. The molecule has 0 bridgehead atoms. The lowest BCUT2D eigenvalue weighted by Crippen LogP contribution is -2.11. The van der Waals surface area contributed by atoms with Crippen LogP contribution in [-0.2, 0) is 4.79 Å². The summed E-state index contributed by atoms with van der Waals surface area (Å²) in [6, 6.07) is 10.5. The van der Waals surface area contributed by atoms with E-state index in [2.05, 4.69) is 20.3 Å². The van der Waals surface area contributed by atoms with Crippen LogP contribution in [0.3, 0.4) is 0 Å². The molecule has 0 amide bonds. The summed E-state index contributed by atoms with van der Waals surface area (Å²) in [6.45, 7) is -0.327. The molecular weight excluding hydrogens is 352 g/mol. The molecule has 3 aromatic rings. The quantitative estimate of drug-likeness (QED) is 0.678. The van der Waals surface area contributed by atoms with Gasteiger partial charge in [-0.2, -0.15) is 4.98 Å². The van der Waals surface area contributed by atoms with Crippen molar-refractivity contribution in [2.24, 2.45) is 0 Å². The van der Waals surface area contributed by atoms with E-state index in [0.29, 0.717) is 22.9 Å². The lowest BCUT2D eigenvalue weighted by Gasteiger charge is -2.10. The summed E-state index contributed by atoms with van der Waals surface area (Å²) in [7, 11) is 0. The number of benzene rings is 1. The Labute approximate surface area is 153 Å². The minimum Gasteiger partial charge on any atom is -0.479 e. The molecule has 0 saturated heterocycles. The van der Waals surface area contributed by atoms with Gasteiger partial charge in [0.25, 0.3) is 0 Å². The molecule has 1 aromatic carbocycles. The second kappa shape index (κ2) is 7.16. The zero-order chi connectivity index (χ0) is 18.6. The monoisotopic (exact) mass is 366 g/mol. The van der Waals surface area contributed by atoms with Gasteiger partial charge in [-0.15, -0.1) is 0 Å². The zero-order valence-corrected chi connectivity index (χ0v) is 14.0. The molecule has 0 unspecified atom stereocenters. The van der Waals surface area contributed by atoms with Crippen LogP contribution in [0.2, 0.25) is 0 Å². The van der Waals surface area contributed by atoms with Gasteiger partial charge < -0.3 is 24.6 Å². The van der Waals surface area contributed by atoms with Crippen molar-refractivity contribution in [3.05, 3.63) is 48.8 Å². The molecule has 27 heavy (non-hydrogen) atoms. The summed E-state index contributed by atoms with van der Waals surface area (Å²) in [5.74, 6) is 0.564. The maximum absolute atomic E-state index is 10.8. The van der Waals surface area contributed by atoms with Crippen LogP contribution in [0.1, 0.15) is 0 Å². The van der Waals surface area contributed by atoms with Crippen LogP contribution >= 0.6 is 0 Å². The van der Waals surface area contributed by atoms with Gasteiger partial charge in [0, 0.05) is 35.8 Å². The maximum Gasteiger partial charge on any atom is 0.341 e. The van der Waals surface area contributed by atoms with Crippen molar-refractivity contribution in [3.63, 3.8) is 0 Å². The normalized spacial score (nSPS) is 11.9. The van der Waals surface area contributed by atoms with E-state index in [-0.39, 0.29) is 18.6 Å². The van der Waals surface area contributed by atoms with Crippen molar-refractivity contribution < 1.29 is 24.1 Å². The molecular formula is C18H14N4O5. The highest BCUT2D eigenvalue weighted by Crippen LogP contribution is 2.35. The summed E-state index contributed by atoms with van der Waals surface area (Å²) >= 11 is 0. The number of carbonyl (C=O) groups is 1. The van der Waals surface area contributed by atoms with E-state index in [4.69, 9.17) is 19.3 Å². The minimum atomic E-state index is -1.10. The molecule has 1 aliphatic rings. The Morgan fingerprint density at radius 1 is 1.19 bits per heavy atom. The predicted octanol–water partition coefficient (Wildman–Crippen LogP) is 2.47. The van der Waals surface area contributed by atoms with Gasteiger partial charge in [0.05, 0.1) is 5.69 Å². The van der Waals surface area contributed by atoms with E-state index in [1.165, 1.54) is 0 Å². The van der Waals surface area contributed by atoms with Crippen LogP contribution in [0.4, 0.5) is 11.6 Å². The van der Waals surface area contributed by atoms with Crippen molar-refractivity contribution in [3.8, 4) is 28.6 Å². The van der Waals surface area contributed by atoms with Crippen molar-refractivity contribution in [1.29, 1.82) is 0 Å². The Balaban J connectivity index is 1.66. The number of carboxylic acids is 1.